The van der Waals surface area contributed by atoms with Crippen LogP contribution in [0, 0.1) is 6.92 Å². The van der Waals surface area contributed by atoms with E-state index in [0.717, 1.165) is 23.8 Å². The molecule has 1 aliphatic rings. The van der Waals surface area contributed by atoms with Gasteiger partial charge in [0, 0.05) is 6.04 Å². The SMILES string of the molecule is Cc1nnc(S[C@H](C)C(=O)Nc2cccc(Cl)c2Cl)n1C1CCCCC1. The number of anilines is 1. The fraction of sp³-hybridized carbons (Fsp3) is 0.500. The van der Waals surface area contributed by atoms with Gasteiger partial charge in [-0.15, -0.1) is 10.2 Å². The lowest BCUT2D eigenvalue weighted by atomic mass is 9.95. The first-order chi connectivity index (χ1) is 12.5. The molecule has 0 bridgehead atoms. The number of thioether (sulfide) groups is 1. The number of nitrogens with one attached hydrogen (secondary N) is 1. The summed E-state index contributed by atoms with van der Waals surface area (Å²) in [5.74, 6) is 0.764. The van der Waals surface area contributed by atoms with E-state index in [-0.39, 0.29) is 11.2 Å². The molecule has 0 unspecified atom stereocenters. The highest BCUT2D eigenvalue weighted by Crippen LogP contribution is 2.34. The minimum atomic E-state index is -0.337. The summed E-state index contributed by atoms with van der Waals surface area (Å²) < 4.78 is 2.19. The summed E-state index contributed by atoms with van der Waals surface area (Å²) in [6, 6.07) is 5.61. The third kappa shape index (κ3) is 4.35. The van der Waals surface area contributed by atoms with Gasteiger partial charge in [0.05, 0.1) is 21.0 Å². The third-order valence-corrected chi connectivity index (χ3v) is 6.51. The Morgan fingerprint density at radius 1 is 1.27 bits per heavy atom. The molecule has 3 rings (SSSR count). The number of rotatable bonds is 5. The Hall–Kier alpha value is -1.24. The summed E-state index contributed by atoms with van der Waals surface area (Å²) >= 11 is 13.6. The van der Waals surface area contributed by atoms with Crippen molar-refractivity contribution in [2.75, 3.05) is 5.32 Å². The number of halogens is 2. The van der Waals surface area contributed by atoms with E-state index in [1.165, 1.54) is 31.0 Å². The molecule has 1 heterocycles. The Labute approximate surface area is 167 Å². The van der Waals surface area contributed by atoms with E-state index in [9.17, 15) is 4.79 Å². The Bertz CT molecular complexity index is 789. The summed E-state index contributed by atoms with van der Waals surface area (Å²) in [6.45, 7) is 3.83. The fourth-order valence-corrected chi connectivity index (χ4v) is 4.55. The van der Waals surface area contributed by atoms with Gasteiger partial charge in [-0.2, -0.15) is 0 Å². The van der Waals surface area contributed by atoms with E-state index in [1.54, 1.807) is 18.2 Å². The molecule has 0 spiro atoms. The second-order valence-corrected chi connectivity index (χ2v) is 8.64. The average Bonchev–Trinajstić information content (AvgIpc) is 2.99. The topological polar surface area (TPSA) is 59.8 Å². The Balaban J connectivity index is 1.70. The number of hydrogen-bond donors (Lipinski definition) is 1. The molecule has 1 saturated carbocycles. The first kappa shape index (κ1) is 19.5. The molecule has 140 valence electrons. The monoisotopic (exact) mass is 412 g/mol. The van der Waals surface area contributed by atoms with Crippen LogP contribution in [-0.4, -0.2) is 25.9 Å². The number of amides is 1. The molecule has 2 aromatic rings. The van der Waals surface area contributed by atoms with E-state index >= 15 is 0 Å². The summed E-state index contributed by atoms with van der Waals surface area (Å²) in [5, 5.41) is 12.6. The summed E-state index contributed by atoms with van der Waals surface area (Å²) in [6.07, 6.45) is 6.04. The fourth-order valence-electron chi connectivity index (χ4n) is 3.24. The zero-order valence-electron chi connectivity index (χ0n) is 14.8. The van der Waals surface area contributed by atoms with E-state index < -0.39 is 0 Å². The number of aromatic nitrogens is 3. The summed E-state index contributed by atoms with van der Waals surface area (Å²) in [4.78, 5) is 12.6. The van der Waals surface area contributed by atoms with Crippen LogP contribution in [0.2, 0.25) is 10.0 Å². The van der Waals surface area contributed by atoms with Gasteiger partial charge in [-0.1, -0.05) is 60.3 Å². The molecule has 1 N–H and O–H groups in total. The quantitative estimate of drug-likeness (QED) is 0.656. The minimum absolute atomic E-state index is 0.144. The van der Waals surface area contributed by atoms with Crippen molar-refractivity contribution in [2.45, 2.75) is 62.4 Å². The molecule has 1 fully saturated rings. The number of carbonyl (C=O) groups excluding carboxylic acids is 1. The van der Waals surface area contributed by atoms with Gasteiger partial charge < -0.3 is 9.88 Å². The standard InChI is InChI=1S/C18H22Cl2N4OS/c1-11(17(25)21-15-10-6-9-14(19)16(15)20)26-18-23-22-12(2)24(18)13-7-4-3-5-8-13/h6,9-11,13H,3-5,7-8H2,1-2H3,(H,21,25)/t11-/m1/s1. The zero-order chi connectivity index (χ0) is 18.7. The molecule has 5 nitrogen and oxygen atoms in total. The lowest BCUT2D eigenvalue weighted by Crippen LogP contribution is -2.24. The first-order valence-corrected chi connectivity index (χ1v) is 10.4. The lowest BCUT2D eigenvalue weighted by molar-refractivity contribution is -0.115. The van der Waals surface area contributed by atoms with E-state index in [4.69, 9.17) is 23.2 Å². The summed E-state index contributed by atoms with van der Waals surface area (Å²) in [7, 11) is 0. The Kier molecular flexibility index (Phi) is 6.48. The molecule has 1 aromatic heterocycles. The highest BCUT2D eigenvalue weighted by atomic mass is 35.5. The molecular formula is C18H22Cl2N4OS. The first-order valence-electron chi connectivity index (χ1n) is 8.80. The molecule has 1 amide bonds. The molecule has 8 heteroatoms. The van der Waals surface area contributed by atoms with Crippen LogP contribution >= 0.6 is 35.0 Å². The molecule has 0 aliphatic heterocycles. The number of carbonyl (C=O) groups is 1. The van der Waals surface area contributed by atoms with Crippen molar-refractivity contribution < 1.29 is 4.79 Å². The van der Waals surface area contributed by atoms with Crippen LogP contribution in [0.1, 0.15) is 50.9 Å². The summed E-state index contributed by atoms with van der Waals surface area (Å²) in [5.41, 5.74) is 0.515. The average molecular weight is 413 g/mol. The maximum atomic E-state index is 12.6. The smallest absolute Gasteiger partial charge is 0.237 e. The molecule has 0 saturated heterocycles. The third-order valence-electron chi connectivity index (χ3n) is 4.64. The van der Waals surface area contributed by atoms with Crippen molar-refractivity contribution >= 4 is 46.6 Å². The largest absolute Gasteiger partial charge is 0.324 e. The van der Waals surface area contributed by atoms with Crippen molar-refractivity contribution in [1.29, 1.82) is 0 Å². The van der Waals surface area contributed by atoms with Gasteiger partial charge in [-0.25, -0.2) is 0 Å². The molecule has 26 heavy (non-hydrogen) atoms. The minimum Gasteiger partial charge on any atom is -0.324 e. The van der Waals surface area contributed by atoms with Gasteiger partial charge in [-0.05, 0) is 38.8 Å². The molecular weight excluding hydrogens is 391 g/mol. The highest BCUT2D eigenvalue weighted by molar-refractivity contribution is 8.00. The molecule has 0 radical (unpaired) electrons. The van der Waals surface area contributed by atoms with Gasteiger partial charge in [0.15, 0.2) is 5.16 Å². The van der Waals surface area contributed by atoms with Crippen molar-refractivity contribution in [2.24, 2.45) is 0 Å². The van der Waals surface area contributed by atoms with Crippen molar-refractivity contribution in [3.63, 3.8) is 0 Å². The highest BCUT2D eigenvalue weighted by Gasteiger charge is 2.24. The maximum absolute atomic E-state index is 12.6. The van der Waals surface area contributed by atoms with E-state index in [0.29, 0.717) is 21.8 Å². The van der Waals surface area contributed by atoms with Crippen molar-refractivity contribution in [1.82, 2.24) is 14.8 Å². The van der Waals surface area contributed by atoms with Gasteiger partial charge in [0.25, 0.3) is 0 Å². The number of aryl methyl sites for hydroxylation is 1. The second-order valence-electron chi connectivity index (χ2n) is 6.54. The van der Waals surface area contributed by atoms with E-state index in [2.05, 4.69) is 20.1 Å². The predicted octanol–water partition coefficient (Wildman–Crippen LogP) is 5.52. The zero-order valence-corrected chi connectivity index (χ0v) is 17.2. The van der Waals surface area contributed by atoms with Crippen LogP contribution in [0.4, 0.5) is 5.69 Å². The lowest BCUT2D eigenvalue weighted by Gasteiger charge is -2.25. The molecule has 1 aromatic carbocycles. The maximum Gasteiger partial charge on any atom is 0.237 e. The second kappa shape index (κ2) is 8.63. The van der Waals surface area contributed by atoms with Gasteiger partial charge in [-0.3, -0.25) is 4.79 Å². The number of nitrogens with zero attached hydrogens (tertiary/aromatic N) is 3. The van der Waals surface area contributed by atoms with Crippen LogP contribution in [0.3, 0.4) is 0 Å². The van der Waals surface area contributed by atoms with Gasteiger partial charge in [0.1, 0.15) is 5.82 Å². The number of hydrogen-bond acceptors (Lipinski definition) is 4. The van der Waals surface area contributed by atoms with Crippen LogP contribution in [0.15, 0.2) is 23.4 Å². The van der Waals surface area contributed by atoms with Crippen molar-refractivity contribution in [3.05, 3.63) is 34.1 Å². The number of benzene rings is 1. The van der Waals surface area contributed by atoms with Crippen LogP contribution in [0.25, 0.3) is 0 Å². The molecule has 1 atom stereocenters. The van der Waals surface area contributed by atoms with Crippen molar-refractivity contribution in [3.8, 4) is 0 Å². The van der Waals surface area contributed by atoms with E-state index in [1.807, 2.05) is 13.8 Å². The molecule has 1 aliphatic carbocycles. The van der Waals surface area contributed by atoms with Gasteiger partial charge >= 0.3 is 0 Å². The van der Waals surface area contributed by atoms with Crippen LogP contribution in [-0.2, 0) is 4.79 Å². The van der Waals surface area contributed by atoms with Gasteiger partial charge in [0.2, 0.25) is 5.91 Å². The predicted molar refractivity (Wildman–Crippen MR) is 107 cm³/mol. The van der Waals surface area contributed by atoms with Crippen LogP contribution < -0.4 is 5.32 Å². The Morgan fingerprint density at radius 2 is 2.00 bits per heavy atom. The Morgan fingerprint density at radius 3 is 2.73 bits per heavy atom. The normalized spacial score (nSPS) is 16.5. The van der Waals surface area contributed by atoms with Crippen LogP contribution in [0.5, 0.6) is 0 Å².